The van der Waals surface area contributed by atoms with Gasteiger partial charge in [-0.25, -0.2) is 9.42 Å². The summed E-state index contributed by atoms with van der Waals surface area (Å²) in [5, 5.41) is 11.6. The molecule has 144 valence electrons. The molecule has 0 saturated heterocycles. The van der Waals surface area contributed by atoms with Gasteiger partial charge in [-0.2, -0.15) is 13.2 Å². The van der Waals surface area contributed by atoms with E-state index in [9.17, 15) is 22.8 Å². The van der Waals surface area contributed by atoms with Crippen molar-refractivity contribution in [2.24, 2.45) is 10.9 Å². The second kappa shape index (κ2) is 8.16. The molecule has 5 N–H and O–H groups in total. The number of amides is 1. The van der Waals surface area contributed by atoms with Gasteiger partial charge in [-0.1, -0.05) is 35.5 Å². The lowest BCUT2D eigenvalue weighted by Crippen LogP contribution is -2.39. The molecule has 0 saturated carbocycles. The van der Waals surface area contributed by atoms with Gasteiger partial charge in [-0.05, 0) is 15.9 Å². The summed E-state index contributed by atoms with van der Waals surface area (Å²) in [6.07, 6.45) is -5.76. The quantitative estimate of drug-likeness (QED) is 0.282. The first-order chi connectivity index (χ1) is 12.7. The number of benzene rings is 1. The van der Waals surface area contributed by atoms with Gasteiger partial charge in [-0.15, -0.1) is 0 Å². The van der Waals surface area contributed by atoms with E-state index in [1.165, 1.54) is 24.3 Å². The number of nitrogen functional groups attached to an aromatic ring is 1. The largest absolute Gasteiger partial charge is 0.471 e. The minimum Gasteiger partial charge on any atom is -0.379 e. The lowest BCUT2D eigenvalue weighted by Gasteiger charge is -2.18. The number of rotatable bonds is 6. The molecule has 13 heteroatoms. The van der Waals surface area contributed by atoms with Crippen molar-refractivity contribution in [3.8, 4) is 0 Å². The van der Waals surface area contributed by atoms with E-state index < -0.39 is 36.4 Å². The highest BCUT2D eigenvalue weighted by molar-refractivity contribution is 5.99. The molecular weight excluding hydrogens is 373 g/mol. The van der Waals surface area contributed by atoms with Crippen LogP contribution in [0.2, 0.25) is 0 Å². The highest BCUT2D eigenvalue weighted by Gasteiger charge is 2.40. The third kappa shape index (κ3) is 5.42. The predicted molar refractivity (Wildman–Crippen MR) is 83.5 cm³/mol. The van der Waals surface area contributed by atoms with Crippen LogP contribution < -0.4 is 16.8 Å². The lowest BCUT2D eigenvalue weighted by molar-refractivity contribution is -0.174. The first kappa shape index (κ1) is 19.7. The molecule has 0 unspecified atom stereocenters. The molecule has 2 aromatic rings. The fraction of sp³-hybridized carbons (Fsp3) is 0.214. The summed E-state index contributed by atoms with van der Waals surface area (Å²) >= 11 is 0. The Labute approximate surface area is 149 Å². The van der Waals surface area contributed by atoms with Crippen molar-refractivity contribution in [1.82, 2.24) is 15.6 Å². The SMILES string of the molecule is N/C(=N\OC(=O)C[C@H](NC(=O)C(F)(F)F)c1ccccc1)c1nonc1N. The number of aromatic nitrogens is 2. The van der Waals surface area contributed by atoms with Crippen LogP contribution in [0.4, 0.5) is 19.0 Å². The molecule has 0 aliphatic carbocycles. The van der Waals surface area contributed by atoms with Crippen molar-refractivity contribution in [3.63, 3.8) is 0 Å². The maximum Gasteiger partial charge on any atom is 0.471 e. The Hall–Kier alpha value is -3.64. The number of alkyl halides is 3. The number of carbonyl (C=O) groups excluding carboxylic acids is 2. The smallest absolute Gasteiger partial charge is 0.379 e. The molecule has 0 radical (unpaired) electrons. The molecule has 0 aliphatic heterocycles. The monoisotopic (exact) mass is 386 g/mol. The second-order valence-corrected chi connectivity index (χ2v) is 5.08. The number of nitrogens with one attached hydrogen (secondary N) is 1. The zero-order chi connectivity index (χ0) is 20.0. The zero-order valence-corrected chi connectivity index (χ0v) is 13.4. The number of hydrogen-bond donors (Lipinski definition) is 3. The molecule has 1 heterocycles. The highest BCUT2D eigenvalue weighted by atomic mass is 19.4. The third-order valence-electron chi connectivity index (χ3n) is 3.14. The topological polar surface area (TPSA) is 159 Å². The number of halogens is 3. The minimum atomic E-state index is -5.11. The second-order valence-electron chi connectivity index (χ2n) is 5.08. The number of carbonyl (C=O) groups is 2. The van der Waals surface area contributed by atoms with Crippen molar-refractivity contribution in [1.29, 1.82) is 0 Å². The van der Waals surface area contributed by atoms with Crippen molar-refractivity contribution in [2.45, 2.75) is 18.6 Å². The van der Waals surface area contributed by atoms with Crippen LogP contribution in [0.3, 0.4) is 0 Å². The van der Waals surface area contributed by atoms with Crippen molar-refractivity contribution < 1.29 is 32.2 Å². The van der Waals surface area contributed by atoms with Gasteiger partial charge < -0.3 is 21.6 Å². The van der Waals surface area contributed by atoms with Crippen LogP contribution in [-0.4, -0.2) is 34.2 Å². The van der Waals surface area contributed by atoms with Gasteiger partial charge in [0.1, 0.15) is 0 Å². The van der Waals surface area contributed by atoms with E-state index in [1.54, 1.807) is 11.4 Å². The fourth-order valence-electron chi connectivity index (χ4n) is 1.90. The number of amidine groups is 1. The average molecular weight is 386 g/mol. The Morgan fingerprint density at radius 2 is 1.93 bits per heavy atom. The Bertz CT molecular complexity index is 837. The lowest BCUT2D eigenvalue weighted by atomic mass is 10.0. The Morgan fingerprint density at radius 1 is 1.26 bits per heavy atom. The fourth-order valence-corrected chi connectivity index (χ4v) is 1.90. The summed E-state index contributed by atoms with van der Waals surface area (Å²) < 4.78 is 41.8. The standard InChI is InChI=1S/C14H13F3N6O4/c15-14(16,17)13(25)20-8(7-4-2-1-3-5-7)6-9(24)26-22-11(18)10-12(19)23-27-21-10/h1-5,8H,6H2,(H2,18,22)(H2,19,23)(H,20,25)/t8-/m0/s1. The summed E-state index contributed by atoms with van der Waals surface area (Å²) in [5.74, 6) is -3.90. The van der Waals surface area contributed by atoms with Gasteiger partial charge >= 0.3 is 18.1 Å². The van der Waals surface area contributed by atoms with E-state index in [1.807, 2.05) is 0 Å². The summed E-state index contributed by atoms with van der Waals surface area (Å²) in [6, 6.07) is 6.25. The molecule has 0 spiro atoms. The third-order valence-corrected chi connectivity index (χ3v) is 3.14. The van der Waals surface area contributed by atoms with E-state index in [4.69, 9.17) is 11.5 Å². The molecule has 0 fully saturated rings. The minimum absolute atomic E-state index is 0.173. The average Bonchev–Trinajstić information content (AvgIpc) is 3.05. The first-order valence-corrected chi connectivity index (χ1v) is 7.23. The van der Waals surface area contributed by atoms with Crippen LogP contribution in [0.1, 0.15) is 23.7 Å². The molecule has 10 nitrogen and oxygen atoms in total. The number of oxime groups is 1. The van der Waals surface area contributed by atoms with Gasteiger partial charge in [0, 0.05) is 0 Å². The van der Waals surface area contributed by atoms with Crippen LogP contribution in [-0.2, 0) is 14.4 Å². The van der Waals surface area contributed by atoms with Gasteiger partial charge in [0.25, 0.3) is 0 Å². The molecule has 0 bridgehead atoms. The number of nitrogens with zero attached hydrogens (tertiary/aromatic N) is 3. The Balaban J connectivity index is 2.09. The van der Waals surface area contributed by atoms with E-state index in [2.05, 4.69) is 24.9 Å². The summed E-state index contributed by atoms with van der Waals surface area (Å²) in [7, 11) is 0. The molecule has 27 heavy (non-hydrogen) atoms. The molecule has 2 rings (SSSR count). The molecule has 1 aromatic carbocycles. The molecule has 0 aliphatic rings. The van der Waals surface area contributed by atoms with Crippen LogP contribution in [0.5, 0.6) is 0 Å². The summed E-state index contributed by atoms with van der Waals surface area (Å²) in [5.41, 5.74) is 10.9. The number of hydrogen-bond acceptors (Lipinski definition) is 8. The van der Waals surface area contributed by atoms with Crippen LogP contribution in [0, 0.1) is 0 Å². The van der Waals surface area contributed by atoms with Gasteiger partial charge in [-0.3, -0.25) is 4.79 Å². The van der Waals surface area contributed by atoms with Gasteiger partial charge in [0.15, 0.2) is 17.3 Å². The summed E-state index contributed by atoms with van der Waals surface area (Å²) in [4.78, 5) is 27.7. The Morgan fingerprint density at radius 3 is 2.48 bits per heavy atom. The predicted octanol–water partition coefficient (Wildman–Crippen LogP) is 0.625. The summed E-state index contributed by atoms with van der Waals surface area (Å²) in [6.45, 7) is 0. The van der Waals surface area contributed by atoms with Crippen LogP contribution in [0.15, 0.2) is 40.1 Å². The van der Waals surface area contributed by atoms with Crippen molar-refractivity contribution in [2.75, 3.05) is 5.73 Å². The number of nitrogens with two attached hydrogens (primary N) is 2. The van der Waals surface area contributed by atoms with Crippen LogP contribution >= 0.6 is 0 Å². The molecule has 1 atom stereocenters. The zero-order valence-electron chi connectivity index (χ0n) is 13.4. The highest BCUT2D eigenvalue weighted by Crippen LogP contribution is 2.21. The van der Waals surface area contributed by atoms with E-state index in [-0.39, 0.29) is 17.1 Å². The number of anilines is 1. The molecule has 1 amide bonds. The van der Waals surface area contributed by atoms with E-state index in [0.717, 1.165) is 0 Å². The molecular formula is C14H13F3N6O4. The van der Waals surface area contributed by atoms with Crippen LogP contribution in [0.25, 0.3) is 0 Å². The van der Waals surface area contributed by atoms with E-state index >= 15 is 0 Å². The Kier molecular flexibility index (Phi) is 5.95. The van der Waals surface area contributed by atoms with Gasteiger partial charge in [0.05, 0.1) is 12.5 Å². The molecule has 1 aromatic heterocycles. The van der Waals surface area contributed by atoms with Crippen molar-refractivity contribution >= 4 is 23.5 Å². The normalized spacial score (nSPS) is 13.1. The van der Waals surface area contributed by atoms with Crippen molar-refractivity contribution in [3.05, 3.63) is 41.6 Å². The van der Waals surface area contributed by atoms with Gasteiger partial charge in [0.2, 0.25) is 0 Å². The van der Waals surface area contributed by atoms with E-state index in [0.29, 0.717) is 0 Å². The first-order valence-electron chi connectivity index (χ1n) is 7.23. The maximum absolute atomic E-state index is 12.5. The maximum atomic E-state index is 12.5.